The van der Waals surface area contributed by atoms with Gasteiger partial charge in [-0.25, -0.2) is 4.98 Å². The summed E-state index contributed by atoms with van der Waals surface area (Å²) in [6.07, 6.45) is 0.785. The number of benzene rings is 2. The van der Waals surface area contributed by atoms with Crippen molar-refractivity contribution in [3.05, 3.63) is 40.9 Å². The monoisotopic (exact) mass is 463 g/mol. The lowest BCUT2D eigenvalue weighted by atomic mass is 10.1. The van der Waals surface area contributed by atoms with E-state index >= 15 is 0 Å². The van der Waals surface area contributed by atoms with Crippen molar-refractivity contribution in [2.24, 2.45) is 0 Å². The summed E-state index contributed by atoms with van der Waals surface area (Å²) in [5, 5.41) is 1.16. The van der Waals surface area contributed by atoms with E-state index in [1.807, 2.05) is 26.2 Å². The van der Waals surface area contributed by atoms with Gasteiger partial charge in [-0.05, 0) is 51.3 Å². The fourth-order valence-electron chi connectivity index (χ4n) is 3.21. The van der Waals surface area contributed by atoms with Gasteiger partial charge < -0.3 is 19.1 Å². The molecule has 31 heavy (non-hydrogen) atoms. The van der Waals surface area contributed by atoms with Crippen molar-refractivity contribution >= 4 is 44.2 Å². The van der Waals surface area contributed by atoms with E-state index < -0.39 is 0 Å². The Labute approximate surface area is 191 Å². The van der Waals surface area contributed by atoms with E-state index in [1.54, 1.807) is 23.1 Å². The highest BCUT2D eigenvalue weighted by atomic mass is 35.5. The molecule has 1 amide bonds. The molecular weight excluding hydrogens is 438 g/mol. The molecule has 0 aliphatic carbocycles. The maximum atomic E-state index is 13.6. The lowest BCUT2D eigenvalue weighted by molar-refractivity contribution is 0.0985. The SMILES string of the molecule is COc1cc(C(=O)N(CCCN(C)C)c2nc3c(Cl)cccc3s2)cc(OC)c1OC. The fraction of sp³-hybridized carbons (Fsp3) is 0.364. The standard InChI is InChI=1S/C22H26ClN3O4S/c1-25(2)10-7-11-26(22-24-19-15(23)8-6-9-18(19)31-22)21(27)14-12-16(28-3)20(30-5)17(13-14)29-4/h6,8-9,12-13H,7,10-11H2,1-5H3. The fourth-order valence-corrected chi connectivity index (χ4v) is 4.50. The highest BCUT2D eigenvalue weighted by molar-refractivity contribution is 7.22. The Bertz CT molecular complexity index is 1050. The Morgan fingerprint density at radius 1 is 1.06 bits per heavy atom. The molecule has 2 aromatic carbocycles. The molecule has 1 heterocycles. The number of aromatic nitrogens is 1. The highest BCUT2D eigenvalue weighted by Crippen LogP contribution is 2.39. The second-order valence-electron chi connectivity index (χ2n) is 7.11. The molecule has 0 spiro atoms. The number of rotatable bonds is 9. The summed E-state index contributed by atoms with van der Waals surface area (Å²) in [6.45, 7) is 1.34. The molecule has 0 bridgehead atoms. The van der Waals surface area contributed by atoms with E-state index in [2.05, 4.69) is 9.88 Å². The van der Waals surface area contributed by atoms with Crippen molar-refractivity contribution in [3.8, 4) is 17.2 Å². The number of methoxy groups -OCH3 is 3. The molecular formula is C22H26ClN3O4S. The average Bonchev–Trinajstić information content (AvgIpc) is 3.20. The molecule has 9 heteroatoms. The molecule has 0 radical (unpaired) electrons. The first-order chi connectivity index (χ1) is 14.9. The number of hydrogen-bond acceptors (Lipinski definition) is 7. The van der Waals surface area contributed by atoms with Crippen molar-refractivity contribution in [1.29, 1.82) is 0 Å². The van der Waals surface area contributed by atoms with Gasteiger partial charge in [0.25, 0.3) is 5.91 Å². The zero-order valence-corrected chi connectivity index (χ0v) is 19.8. The summed E-state index contributed by atoms with van der Waals surface area (Å²) in [5.74, 6) is 1.08. The molecule has 0 aliphatic rings. The third-order valence-corrected chi connectivity index (χ3v) is 6.08. The van der Waals surface area contributed by atoms with E-state index in [4.69, 9.17) is 25.8 Å². The van der Waals surface area contributed by atoms with Crippen LogP contribution in [0.2, 0.25) is 5.02 Å². The lowest BCUT2D eigenvalue weighted by Gasteiger charge is -2.22. The van der Waals surface area contributed by atoms with Crippen LogP contribution in [0.1, 0.15) is 16.8 Å². The van der Waals surface area contributed by atoms with Gasteiger partial charge in [0.1, 0.15) is 5.52 Å². The quantitative estimate of drug-likeness (QED) is 0.463. The minimum absolute atomic E-state index is 0.201. The molecule has 0 atom stereocenters. The van der Waals surface area contributed by atoms with E-state index in [-0.39, 0.29) is 5.91 Å². The van der Waals surface area contributed by atoms with Crippen molar-refractivity contribution < 1.29 is 19.0 Å². The third-order valence-electron chi connectivity index (χ3n) is 4.73. The van der Waals surface area contributed by atoms with E-state index in [0.29, 0.717) is 45.0 Å². The highest BCUT2D eigenvalue weighted by Gasteiger charge is 2.25. The maximum Gasteiger partial charge on any atom is 0.260 e. The van der Waals surface area contributed by atoms with Crippen LogP contribution in [-0.4, -0.2) is 64.3 Å². The summed E-state index contributed by atoms with van der Waals surface area (Å²) in [7, 11) is 8.58. The van der Waals surface area contributed by atoms with Gasteiger partial charge in [-0.1, -0.05) is 29.0 Å². The molecule has 0 aliphatic heterocycles. The van der Waals surface area contributed by atoms with Crippen LogP contribution in [0.5, 0.6) is 17.2 Å². The Morgan fingerprint density at radius 2 is 1.74 bits per heavy atom. The minimum atomic E-state index is -0.201. The lowest BCUT2D eigenvalue weighted by Crippen LogP contribution is -2.33. The molecule has 0 unspecified atom stereocenters. The summed E-state index contributed by atoms with van der Waals surface area (Å²) < 4.78 is 17.1. The summed E-state index contributed by atoms with van der Waals surface area (Å²) in [4.78, 5) is 22.0. The average molecular weight is 464 g/mol. The van der Waals surface area contributed by atoms with Crippen molar-refractivity contribution in [3.63, 3.8) is 0 Å². The Balaban J connectivity index is 2.04. The van der Waals surface area contributed by atoms with E-state index in [9.17, 15) is 4.79 Å². The van der Waals surface area contributed by atoms with Gasteiger partial charge in [-0.2, -0.15) is 0 Å². The molecule has 1 aromatic heterocycles. The van der Waals surface area contributed by atoms with Gasteiger partial charge in [0.15, 0.2) is 16.6 Å². The molecule has 7 nitrogen and oxygen atoms in total. The Morgan fingerprint density at radius 3 is 2.29 bits per heavy atom. The zero-order valence-electron chi connectivity index (χ0n) is 18.3. The zero-order chi connectivity index (χ0) is 22.5. The van der Waals surface area contributed by atoms with Crippen LogP contribution in [0, 0.1) is 0 Å². The molecule has 166 valence electrons. The predicted molar refractivity (Wildman–Crippen MR) is 126 cm³/mol. The number of carbonyl (C=O) groups is 1. The van der Waals surface area contributed by atoms with Crippen molar-refractivity contribution in [2.45, 2.75) is 6.42 Å². The smallest absolute Gasteiger partial charge is 0.260 e. The normalized spacial score (nSPS) is 11.1. The van der Waals surface area contributed by atoms with Crippen molar-refractivity contribution in [2.75, 3.05) is 53.4 Å². The molecule has 0 N–H and O–H groups in total. The van der Waals surface area contributed by atoms with Crippen LogP contribution in [0.15, 0.2) is 30.3 Å². The molecule has 3 rings (SSSR count). The predicted octanol–water partition coefficient (Wildman–Crippen LogP) is 4.57. The first-order valence-electron chi connectivity index (χ1n) is 9.71. The van der Waals surface area contributed by atoms with Crippen LogP contribution in [-0.2, 0) is 0 Å². The summed E-state index contributed by atoms with van der Waals surface area (Å²) in [6, 6.07) is 8.94. The second kappa shape index (κ2) is 10.2. The van der Waals surface area contributed by atoms with Gasteiger partial charge in [0, 0.05) is 12.1 Å². The van der Waals surface area contributed by atoms with Crippen LogP contribution < -0.4 is 19.1 Å². The number of para-hydroxylation sites is 1. The topological polar surface area (TPSA) is 64.1 Å². The first-order valence-corrected chi connectivity index (χ1v) is 10.9. The second-order valence-corrected chi connectivity index (χ2v) is 8.53. The van der Waals surface area contributed by atoms with Crippen LogP contribution in [0.4, 0.5) is 5.13 Å². The number of fused-ring (bicyclic) bond motifs is 1. The van der Waals surface area contributed by atoms with E-state index in [1.165, 1.54) is 32.7 Å². The van der Waals surface area contributed by atoms with Gasteiger partial charge >= 0.3 is 0 Å². The number of halogens is 1. The number of thiazole rings is 1. The third kappa shape index (κ3) is 5.03. The van der Waals surface area contributed by atoms with Crippen LogP contribution in [0.25, 0.3) is 10.2 Å². The van der Waals surface area contributed by atoms with E-state index in [0.717, 1.165) is 17.7 Å². The first kappa shape index (κ1) is 23.1. The number of anilines is 1. The summed E-state index contributed by atoms with van der Waals surface area (Å²) in [5.41, 5.74) is 1.11. The molecule has 0 saturated carbocycles. The van der Waals surface area contributed by atoms with Gasteiger partial charge in [-0.3, -0.25) is 9.69 Å². The molecule has 3 aromatic rings. The van der Waals surface area contributed by atoms with Gasteiger partial charge in [0.05, 0.1) is 31.1 Å². The molecule has 0 saturated heterocycles. The number of carbonyl (C=O) groups excluding carboxylic acids is 1. The van der Waals surface area contributed by atoms with Crippen molar-refractivity contribution in [1.82, 2.24) is 9.88 Å². The largest absolute Gasteiger partial charge is 0.493 e. The van der Waals surface area contributed by atoms with Gasteiger partial charge in [-0.15, -0.1) is 0 Å². The number of hydrogen-bond donors (Lipinski definition) is 0. The molecule has 0 fully saturated rings. The minimum Gasteiger partial charge on any atom is -0.493 e. The Kier molecular flexibility index (Phi) is 7.59. The van der Waals surface area contributed by atoms with Crippen LogP contribution in [0.3, 0.4) is 0 Å². The summed E-state index contributed by atoms with van der Waals surface area (Å²) >= 11 is 7.75. The number of nitrogens with zero attached hydrogens (tertiary/aromatic N) is 3. The van der Waals surface area contributed by atoms with Gasteiger partial charge in [0.2, 0.25) is 5.75 Å². The Hall–Kier alpha value is -2.55. The number of ether oxygens (including phenoxy) is 3. The maximum absolute atomic E-state index is 13.6. The van der Waals surface area contributed by atoms with Crippen LogP contribution >= 0.6 is 22.9 Å². The number of amides is 1.